The van der Waals surface area contributed by atoms with E-state index in [1.807, 2.05) is 23.0 Å². The number of piperazine rings is 1. The second kappa shape index (κ2) is 14.6. The van der Waals surface area contributed by atoms with Gasteiger partial charge in [-0.15, -0.1) is 0 Å². The normalized spacial score (nSPS) is 15.3. The molecule has 0 aliphatic carbocycles. The lowest BCUT2D eigenvalue weighted by Gasteiger charge is -2.34. The van der Waals surface area contributed by atoms with Gasteiger partial charge in [-0.25, -0.2) is 19.7 Å². The highest BCUT2D eigenvalue weighted by atomic mass is 33.1. The van der Waals surface area contributed by atoms with Gasteiger partial charge in [-0.05, 0) is 24.8 Å². The summed E-state index contributed by atoms with van der Waals surface area (Å²) in [5.74, 6) is 2.17. The van der Waals surface area contributed by atoms with E-state index >= 15 is 0 Å². The minimum Gasteiger partial charge on any atom is -0.491 e. The summed E-state index contributed by atoms with van der Waals surface area (Å²) in [7, 11) is 4.91. The number of nitrogens with one attached hydrogen (secondary N) is 1. The first kappa shape index (κ1) is 30.7. The number of hydrogen-bond donors (Lipinski definition) is 2. The van der Waals surface area contributed by atoms with Crippen molar-refractivity contribution in [3.8, 4) is 11.5 Å². The number of nitrogens with two attached hydrogens (primary N) is 1. The molecule has 0 unspecified atom stereocenters. The molecule has 14 nitrogen and oxygen atoms in total. The van der Waals surface area contributed by atoms with Crippen LogP contribution in [0.5, 0.6) is 11.5 Å². The van der Waals surface area contributed by atoms with Crippen molar-refractivity contribution in [1.82, 2.24) is 29.3 Å². The van der Waals surface area contributed by atoms with Crippen LogP contribution >= 0.6 is 21.6 Å². The van der Waals surface area contributed by atoms with E-state index < -0.39 is 5.91 Å². The van der Waals surface area contributed by atoms with Crippen LogP contribution in [0.15, 0.2) is 29.5 Å². The Labute approximate surface area is 256 Å². The van der Waals surface area contributed by atoms with Gasteiger partial charge in [-0.1, -0.05) is 21.6 Å². The highest BCUT2D eigenvalue weighted by Gasteiger charge is 2.23. The molecule has 0 radical (unpaired) electrons. The van der Waals surface area contributed by atoms with Crippen molar-refractivity contribution in [2.45, 2.75) is 13.0 Å². The Hall–Kier alpha value is -3.76. The van der Waals surface area contributed by atoms with Gasteiger partial charge in [0, 0.05) is 69.3 Å². The van der Waals surface area contributed by atoms with Crippen molar-refractivity contribution >= 4 is 56.3 Å². The average Bonchev–Trinajstić information content (AvgIpc) is 3.52. The molecule has 2 amide bonds. The minimum absolute atomic E-state index is 0.0774. The Morgan fingerprint density at radius 1 is 1.12 bits per heavy atom. The van der Waals surface area contributed by atoms with Crippen LogP contribution in [-0.4, -0.2) is 113 Å². The van der Waals surface area contributed by atoms with Gasteiger partial charge < -0.3 is 30.2 Å². The molecule has 43 heavy (non-hydrogen) atoms. The molecule has 0 saturated carbocycles. The van der Waals surface area contributed by atoms with Crippen LogP contribution in [0.2, 0.25) is 0 Å². The summed E-state index contributed by atoms with van der Waals surface area (Å²) >= 11 is 0. The van der Waals surface area contributed by atoms with Crippen molar-refractivity contribution in [2.75, 3.05) is 82.7 Å². The second-order valence-corrected chi connectivity index (χ2v) is 12.4. The van der Waals surface area contributed by atoms with E-state index in [1.165, 1.54) is 12.4 Å². The predicted octanol–water partition coefficient (Wildman–Crippen LogP) is 2.12. The third kappa shape index (κ3) is 7.43. The molecule has 2 aliphatic rings. The molecule has 3 N–H and O–H groups in total. The van der Waals surface area contributed by atoms with Crippen LogP contribution < -0.4 is 26.1 Å². The van der Waals surface area contributed by atoms with Crippen molar-refractivity contribution in [2.24, 2.45) is 4.99 Å². The first-order valence-corrected chi connectivity index (χ1v) is 16.7. The summed E-state index contributed by atoms with van der Waals surface area (Å²) in [5.41, 5.74) is 6.53. The van der Waals surface area contributed by atoms with Crippen LogP contribution in [0.25, 0.3) is 10.9 Å². The van der Waals surface area contributed by atoms with Crippen LogP contribution in [0.3, 0.4) is 0 Å². The first-order valence-electron chi connectivity index (χ1n) is 13.9. The molecule has 2 aromatic heterocycles. The van der Waals surface area contributed by atoms with E-state index in [4.69, 9.17) is 24.9 Å². The quantitative estimate of drug-likeness (QED) is 0.235. The summed E-state index contributed by atoms with van der Waals surface area (Å²) in [6.07, 6.45) is 5.25. The monoisotopic (exact) mass is 629 g/mol. The zero-order chi connectivity index (χ0) is 30.2. The number of benzene rings is 1. The number of hydrogen-bond acceptors (Lipinski definition) is 13. The molecule has 0 atom stereocenters. The van der Waals surface area contributed by atoms with Gasteiger partial charge in [-0.3, -0.25) is 14.3 Å². The molecule has 1 saturated heterocycles. The first-order chi connectivity index (χ1) is 21.0. The number of aromatic nitrogens is 4. The number of carbonyl (C=O) groups is 2. The third-order valence-electron chi connectivity index (χ3n) is 7.04. The van der Waals surface area contributed by atoms with Crippen molar-refractivity contribution in [1.29, 1.82) is 0 Å². The summed E-state index contributed by atoms with van der Waals surface area (Å²) in [4.78, 5) is 45.9. The summed E-state index contributed by atoms with van der Waals surface area (Å²) in [6, 6.07) is 3.81. The van der Waals surface area contributed by atoms with Gasteiger partial charge in [0.2, 0.25) is 11.6 Å². The molecule has 1 fully saturated rings. The molecule has 3 aromatic rings. The fourth-order valence-corrected chi connectivity index (χ4v) is 5.93. The van der Waals surface area contributed by atoms with E-state index in [-0.39, 0.29) is 23.2 Å². The SMILES string of the molecule is COc1c(OCCCN2CCN(C(=O)OCCSSC)CC2)ccc2c3n(c(=NC(=O)c4cnc(N)nc4)nc12)CCN3. The molecule has 16 heteroatoms. The largest absolute Gasteiger partial charge is 0.491 e. The lowest BCUT2D eigenvalue weighted by atomic mass is 10.2. The van der Waals surface area contributed by atoms with Gasteiger partial charge in [0.1, 0.15) is 17.9 Å². The van der Waals surface area contributed by atoms with Crippen LogP contribution in [0.4, 0.5) is 16.6 Å². The van der Waals surface area contributed by atoms with Crippen molar-refractivity contribution in [3.05, 3.63) is 35.7 Å². The molecular formula is C27H35N9O5S2. The van der Waals surface area contributed by atoms with E-state index in [0.29, 0.717) is 56.4 Å². The van der Waals surface area contributed by atoms with Crippen molar-refractivity contribution in [3.63, 3.8) is 0 Å². The fraction of sp³-hybridized carbons (Fsp3) is 0.481. The number of ether oxygens (including phenoxy) is 3. The summed E-state index contributed by atoms with van der Waals surface area (Å²) in [6.45, 7) is 5.92. The van der Waals surface area contributed by atoms with Crippen LogP contribution in [-0.2, 0) is 11.3 Å². The van der Waals surface area contributed by atoms with Crippen LogP contribution in [0.1, 0.15) is 16.8 Å². The maximum absolute atomic E-state index is 12.9. The lowest BCUT2D eigenvalue weighted by Crippen LogP contribution is -2.49. The molecule has 4 heterocycles. The molecule has 230 valence electrons. The number of fused-ring (bicyclic) bond motifs is 3. The number of nitrogen functional groups attached to an aromatic ring is 1. The van der Waals surface area contributed by atoms with E-state index in [9.17, 15) is 9.59 Å². The molecule has 0 spiro atoms. The van der Waals surface area contributed by atoms with Crippen molar-refractivity contribution < 1.29 is 23.8 Å². The Morgan fingerprint density at radius 2 is 1.91 bits per heavy atom. The topological polar surface area (TPSA) is 162 Å². The van der Waals surface area contributed by atoms with Gasteiger partial charge in [-0.2, -0.15) is 4.99 Å². The Bertz CT molecular complexity index is 1510. The summed E-state index contributed by atoms with van der Waals surface area (Å²) < 4.78 is 19.1. The Morgan fingerprint density at radius 3 is 2.65 bits per heavy atom. The highest BCUT2D eigenvalue weighted by molar-refractivity contribution is 8.76. The number of nitrogens with zero attached hydrogens (tertiary/aromatic N) is 7. The zero-order valence-corrected chi connectivity index (χ0v) is 25.8. The molecule has 0 bridgehead atoms. The lowest BCUT2D eigenvalue weighted by molar-refractivity contribution is 0.0787. The highest BCUT2D eigenvalue weighted by Crippen LogP contribution is 2.37. The van der Waals surface area contributed by atoms with Gasteiger partial charge >= 0.3 is 6.09 Å². The molecule has 2 aliphatic heterocycles. The third-order valence-corrected chi connectivity index (χ3v) is 8.82. The fourth-order valence-electron chi connectivity index (χ4n) is 4.91. The van der Waals surface area contributed by atoms with E-state index in [2.05, 4.69) is 25.2 Å². The molecule has 5 rings (SSSR count). The summed E-state index contributed by atoms with van der Waals surface area (Å²) in [5, 5.41) is 4.20. The zero-order valence-electron chi connectivity index (χ0n) is 24.2. The number of amides is 2. The maximum Gasteiger partial charge on any atom is 0.409 e. The van der Waals surface area contributed by atoms with Gasteiger partial charge in [0.25, 0.3) is 5.91 Å². The second-order valence-electron chi connectivity index (χ2n) is 9.71. The standard InChI is InChI=1S/C27H35N9O5S2/c1-39-22-20(40-13-3-7-34-9-11-35(12-10-34)27(38)41-14-15-43-42-2)5-4-19-21(22)32-26(36-8-6-29-23(19)36)33-24(37)18-16-30-25(28)31-17-18/h4-5,16-17,29H,3,6-15H2,1-2H3,(H2,28,30,31). The average molecular weight is 630 g/mol. The van der Waals surface area contributed by atoms with Gasteiger partial charge in [0.15, 0.2) is 11.5 Å². The molecular weight excluding hydrogens is 594 g/mol. The van der Waals surface area contributed by atoms with Gasteiger partial charge in [0.05, 0.1) is 19.3 Å². The van der Waals surface area contributed by atoms with E-state index in [1.54, 1.807) is 33.6 Å². The van der Waals surface area contributed by atoms with Crippen LogP contribution in [0, 0.1) is 0 Å². The number of anilines is 2. The van der Waals surface area contributed by atoms with E-state index in [0.717, 1.165) is 43.0 Å². The smallest absolute Gasteiger partial charge is 0.409 e. The Balaban J connectivity index is 1.22. The minimum atomic E-state index is -0.525. The number of carbonyl (C=O) groups excluding carboxylic acids is 2. The molecule has 1 aromatic carbocycles. The number of rotatable bonds is 11. The Kier molecular flexibility index (Phi) is 10.4. The maximum atomic E-state index is 12.9. The predicted molar refractivity (Wildman–Crippen MR) is 167 cm³/mol. The number of methoxy groups -OCH3 is 1.